The Morgan fingerprint density at radius 2 is 1.04 bits per heavy atom. The van der Waals surface area contributed by atoms with Gasteiger partial charge in [-0.3, -0.25) is 4.79 Å². The molecular formula is C17H12Na2O5. The molecule has 2 N–H and O–H groups in total. The Labute approximate surface area is 183 Å². The summed E-state index contributed by atoms with van der Waals surface area (Å²) >= 11 is 0. The molecule has 0 bridgehead atoms. The number of carboxylic acids is 2. The number of aromatic carboxylic acids is 2. The Morgan fingerprint density at radius 3 is 1.46 bits per heavy atom. The number of benzene rings is 2. The van der Waals surface area contributed by atoms with E-state index in [4.69, 9.17) is 10.2 Å². The fraction of sp³-hybridized carbons (Fsp3) is 0. The van der Waals surface area contributed by atoms with E-state index in [1.54, 1.807) is 18.2 Å². The first-order chi connectivity index (χ1) is 10.5. The third-order valence-electron chi connectivity index (χ3n) is 3.00. The van der Waals surface area contributed by atoms with Crippen LogP contribution in [0.4, 0.5) is 0 Å². The molecule has 0 amide bonds. The van der Waals surface area contributed by atoms with Crippen LogP contribution in [-0.2, 0) is 0 Å². The summed E-state index contributed by atoms with van der Waals surface area (Å²) < 4.78 is 0. The zero-order valence-electron chi connectivity index (χ0n) is 13.4. The maximum absolute atomic E-state index is 11.9. The molecule has 0 saturated carbocycles. The third-order valence-corrected chi connectivity index (χ3v) is 3.00. The third kappa shape index (κ3) is 6.36. The zero-order chi connectivity index (χ0) is 16.1. The molecule has 0 aliphatic carbocycles. The molecule has 24 heavy (non-hydrogen) atoms. The van der Waals surface area contributed by atoms with E-state index in [9.17, 15) is 14.4 Å². The van der Waals surface area contributed by atoms with Crippen molar-refractivity contribution in [3.63, 3.8) is 0 Å². The van der Waals surface area contributed by atoms with Crippen molar-refractivity contribution in [3.8, 4) is 0 Å². The molecule has 0 aliphatic heterocycles. The average Bonchev–Trinajstić information content (AvgIpc) is 2.53. The average molecular weight is 342 g/mol. The van der Waals surface area contributed by atoms with Crippen molar-refractivity contribution in [1.82, 2.24) is 0 Å². The number of carbonyl (C=O) groups excluding carboxylic acids is 1. The minimum Gasteiger partial charge on any atom is -0.478 e. The van der Waals surface area contributed by atoms with Crippen molar-refractivity contribution < 1.29 is 24.6 Å². The van der Waals surface area contributed by atoms with Gasteiger partial charge in [0, 0.05) is 64.7 Å². The normalized spacial score (nSPS) is 9.67. The van der Waals surface area contributed by atoms with Crippen LogP contribution in [0.2, 0.25) is 0 Å². The van der Waals surface area contributed by atoms with Crippen LogP contribution in [0.15, 0.2) is 54.6 Å². The molecule has 0 fully saturated rings. The van der Waals surface area contributed by atoms with E-state index in [0.717, 1.165) is 0 Å². The second kappa shape index (κ2) is 10.6. The maximum atomic E-state index is 11.9. The topological polar surface area (TPSA) is 91.7 Å². The summed E-state index contributed by atoms with van der Waals surface area (Å²) in [6, 6.07) is 11.7. The summed E-state index contributed by atoms with van der Waals surface area (Å²) in [6.45, 7) is 0. The van der Waals surface area contributed by atoms with Crippen molar-refractivity contribution in [2.45, 2.75) is 0 Å². The van der Waals surface area contributed by atoms with Gasteiger partial charge in [-0.15, -0.1) is 0 Å². The van der Waals surface area contributed by atoms with Crippen molar-refractivity contribution in [3.05, 3.63) is 76.9 Å². The van der Waals surface area contributed by atoms with Crippen LogP contribution >= 0.6 is 0 Å². The SMILES string of the molecule is O=C(O)c1ccc(C=CC(=O)c2ccc(C(=O)O)cc2)cc1.[Na].[Na]. The summed E-state index contributed by atoms with van der Waals surface area (Å²) in [5, 5.41) is 17.6. The van der Waals surface area contributed by atoms with Gasteiger partial charge in [0.05, 0.1) is 11.1 Å². The molecule has 2 aromatic rings. The van der Waals surface area contributed by atoms with Gasteiger partial charge in [0.2, 0.25) is 0 Å². The van der Waals surface area contributed by atoms with Crippen molar-refractivity contribution in [2.24, 2.45) is 0 Å². The summed E-state index contributed by atoms with van der Waals surface area (Å²) in [5.74, 6) is -2.32. The molecule has 2 rings (SSSR count). The van der Waals surface area contributed by atoms with E-state index in [2.05, 4.69) is 0 Å². The standard InChI is InChI=1S/C17H12O5.2Na/c18-15(12-6-8-14(9-7-12)17(21)22)10-3-11-1-4-13(5-2-11)16(19)20;;/h1-10H,(H,19,20)(H,21,22);;. The quantitative estimate of drug-likeness (QED) is 0.494. The number of allylic oxidation sites excluding steroid dienone is 1. The van der Waals surface area contributed by atoms with Crippen LogP contribution in [-0.4, -0.2) is 87.0 Å². The van der Waals surface area contributed by atoms with Crippen LogP contribution in [0.5, 0.6) is 0 Å². The smallest absolute Gasteiger partial charge is 0.335 e. The Hall–Kier alpha value is -1.21. The molecule has 2 aromatic carbocycles. The number of hydrogen-bond donors (Lipinski definition) is 2. The Kier molecular flexibility index (Phi) is 10.1. The minimum absolute atomic E-state index is 0. The van der Waals surface area contributed by atoms with E-state index >= 15 is 0 Å². The summed E-state index contributed by atoms with van der Waals surface area (Å²) in [6.07, 6.45) is 2.92. The molecule has 5 nitrogen and oxygen atoms in total. The van der Waals surface area contributed by atoms with Gasteiger partial charge >= 0.3 is 11.9 Å². The van der Waals surface area contributed by atoms with E-state index in [1.165, 1.54) is 42.5 Å². The first kappa shape index (κ1) is 22.8. The molecule has 0 aliphatic rings. The predicted molar refractivity (Wildman–Crippen MR) is 91.7 cm³/mol. The van der Waals surface area contributed by atoms with Gasteiger partial charge in [0.15, 0.2) is 5.78 Å². The molecule has 7 heteroatoms. The van der Waals surface area contributed by atoms with Crippen LogP contribution in [0.3, 0.4) is 0 Å². The van der Waals surface area contributed by atoms with Crippen molar-refractivity contribution in [1.29, 1.82) is 0 Å². The molecule has 0 unspecified atom stereocenters. The minimum atomic E-state index is -1.05. The van der Waals surface area contributed by atoms with Crippen molar-refractivity contribution >= 4 is 82.9 Å². The van der Waals surface area contributed by atoms with Gasteiger partial charge in [0.25, 0.3) is 0 Å². The van der Waals surface area contributed by atoms with Gasteiger partial charge in [-0.25, -0.2) is 9.59 Å². The Bertz CT molecular complexity index is 750. The first-order valence-corrected chi connectivity index (χ1v) is 6.36. The predicted octanol–water partition coefficient (Wildman–Crippen LogP) is 2.22. The van der Waals surface area contributed by atoms with Crippen LogP contribution in [0.25, 0.3) is 6.08 Å². The second-order valence-electron chi connectivity index (χ2n) is 4.51. The monoisotopic (exact) mass is 342 g/mol. The van der Waals surface area contributed by atoms with E-state index in [1.807, 2.05) is 0 Å². The summed E-state index contributed by atoms with van der Waals surface area (Å²) in [4.78, 5) is 33.4. The molecule has 0 spiro atoms. The molecule has 0 atom stereocenters. The van der Waals surface area contributed by atoms with Gasteiger partial charge in [0.1, 0.15) is 0 Å². The number of carboxylic acid groups (broad SMARTS) is 2. The zero-order valence-corrected chi connectivity index (χ0v) is 17.4. The molecule has 112 valence electrons. The van der Waals surface area contributed by atoms with Crippen LogP contribution in [0, 0.1) is 0 Å². The molecule has 0 saturated heterocycles. The van der Waals surface area contributed by atoms with Gasteiger partial charge in [-0.2, -0.15) is 0 Å². The van der Waals surface area contributed by atoms with Gasteiger partial charge in [-0.05, 0) is 35.9 Å². The van der Waals surface area contributed by atoms with E-state index in [-0.39, 0.29) is 76.0 Å². The summed E-state index contributed by atoms with van der Waals surface area (Å²) in [7, 11) is 0. The first-order valence-electron chi connectivity index (χ1n) is 6.36. The number of ketones is 1. The molecule has 0 heterocycles. The maximum Gasteiger partial charge on any atom is 0.335 e. The largest absolute Gasteiger partial charge is 0.478 e. The second-order valence-corrected chi connectivity index (χ2v) is 4.51. The number of rotatable bonds is 5. The van der Waals surface area contributed by atoms with Gasteiger partial charge < -0.3 is 10.2 Å². The molecule has 0 aromatic heterocycles. The van der Waals surface area contributed by atoms with Gasteiger partial charge in [-0.1, -0.05) is 30.3 Å². The number of hydrogen-bond acceptors (Lipinski definition) is 3. The Morgan fingerprint density at radius 1 is 0.667 bits per heavy atom. The summed E-state index contributed by atoms with van der Waals surface area (Å²) in [5.41, 5.74) is 1.36. The van der Waals surface area contributed by atoms with Crippen molar-refractivity contribution in [2.75, 3.05) is 0 Å². The van der Waals surface area contributed by atoms with E-state index < -0.39 is 11.9 Å². The fourth-order valence-corrected chi connectivity index (χ4v) is 1.78. The molecule has 2 radical (unpaired) electrons. The Balaban J connectivity index is 0.00000264. The van der Waals surface area contributed by atoms with Crippen LogP contribution in [0.1, 0.15) is 36.6 Å². The fourth-order valence-electron chi connectivity index (χ4n) is 1.78. The number of carbonyl (C=O) groups is 3. The van der Waals surface area contributed by atoms with Crippen LogP contribution < -0.4 is 0 Å². The van der Waals surface area contributed by atoms with E-state index in [0.29, 0.717) is 11.1 Å². The molecular weight excluding hydrogens is 330 g/mol.